The SMILES string of the molecule is COC(=O)CCCCCCCC=CCCCCCCCCC(O)CCCCCCCCC=CCCCCCCCC(=O)OC. The van der Waals surface area contributed by atoms with Crippen LogP contribution in [0.4, 0.5) is 0 Å². The van der Waals surface area contributed by atoms with Crippen LogP contribution in [0.5, 0.6) is 0 Å². The lowest BCUT2D eigenvalue weighted by atomic mass is 10.0. The molecule has 5 heteroatoms. The quantitative estimate of drug-likeness (QED) is 0.0440. The van der Waals surface area contributed by atoms with Crippen LogP contribution in [0, 0.1) is 0 Å². The number of allylic oxidation sites excluding steroid dienone is 4. The van der Waals surface area contributed by atoms with Crippen LogP contribution in [0.1, 0.15) is 193 Å². The maximum Gasteiger partial charge on any atom is 0.305 e. The van der Waals surface area contributed by atoms with Crippen LogP contribution in [0.3, 0.4) is 0 Å². The minimum absolute atomic E-state index is 0.0871. The van der Waals surface area contributed by atoms with E-state index in [1.54, 1.807) is 0 Å². The Labute approximate surface area is 273 Å². The van der Waals surface area contributed by atoms with Gasteiger partial charge in [-0.25, -0.2) is 0 Å². The summed E-state index contributed by atoms with van der Waals surface area (Å²) in [5, 5.41) is 10.3. The second-order valence-corrected chi connectivity index (χ2v) is 12.8. The predicted molar refractivity (Wildman–Crippen MR) is 187 cm³/mol. The number of aliphatic hydroxyl groups is 1. The van der Waals surface area contributed by atoms with Gasteiger partial charge in [0.2, 0.25) is 0 Å². The molecule has 258 valence electrons. The van der Waals surface area contributed by atoms with Gasteiger partial charge in [-0.05, 0) is 77.0 Å². The summed E-state index contributed by atoms with van der Waals surface area (Å²) in [5.41, 5.74) is 0. The molecule has 0 radical (unpaired) electrons. The van der Waals surface area contributed by atoms with Gasteiger partial charge in [-0.1, -0.05) is 127 Å². The first-order chi connectivity index (χ1) is 21.6. The molecular formula is C39H72O5. The maximum atomic E-state index is 11.1. The van der Waals surface area contributed by atoms with Gasteiger partial charge in [-0.2, -0.15) is 0 Å². The number of carbonyl (C=O) groups excluding carboxylic acids is 2. The number of ether oxygens (including phenoxy) is 2. The van der Waals surface area contributed by atoms with Crippen molar-refractivity contribution in [3.05, 3.63) is 24.3 Å². The van der Waals surface area contributed by atoms with E-state index in [0.717, 1.165) is 38.5 Å². The largest absolute Gasteiger partial charge is 0.469 e. The molecule has 0 amide bonds. The summed E-state index contributed by atoms with van der Waals surface area (Å²) in [4.78, 5) is 22.1. The summed E-state index contributed by atoms with van der Waals surface area (Å²) in [6, 6.07) is 0. The average Bonchev–Trinajstić information content (AvgIpc) is 3.03. The molecule has 0 saturated heterocycles. The van der Waals surface area contributed by atoms with Crippen molar-refractivity contribution in [1.82, 2.24) is 0 Å². The summed E-state index contributed by atoms with van der Waals surface area (Å²) in [7, 11) is 2.92. The third kappa shape index (κ3) is 34.9. The van der Waals surface area contributed by atoms with E-state index < -0.39 is 0 Å². The van der Waals surface area contributed by atoms with Gasteiger partial charge in [-0.3, -0.25) is 9.59 Å². The van der Waals surface area contributed by atoms with Gasteiger partial charge >= 0.3 is 11.9 Å². The summed E-state index contributed by atoms with van der Waals surface area (Å²) in [5.74, 6) is -0.174. The molecule has 0 rings (SSSR count). The molecule has 0 unspecified atom stereocenters. The standard InChI is InChI=1S/C39H72O5/c1-43-38(41)35-31-27-23-19-15-11-7-3-5-9-13-17-21-25-29-33-37(40)34-30-26-22-18-14-10-6-4-8-12-16-20-24-28-32-36-39(42)44-2/h3-4,7-8,37,40H,5-6,9-36H2,1-2H3. The second kappa shape index (κ2) is 35.9. The van der Waals surface area contributed by atoms with Crippen molar-refractivity contribution in [1.29, 1.82) is 0 Å². The highest BCUT2D eigenvalue weighted by molar-refractivity contribution is 5.69. The first-order valence-electron chi connectivity index (χ1n) is 18.7. The molecule has 0 fully saturated rings. The van der Waals surface area contributed by atoms with Crippen LogP contribution >= 0.6 is 0 Å². The fraction of sp³-hybridized carbons (Fsp3) is 0.846. The van der Waals surface area contributed by atoms with Crippen molar-refractivity contribution < 1.29 is 24.2 Å². The normalized spacial score (nSPS) is 12.3. The number of rotatable bonds is 34. The highest BCUT2D eigenvalue weighted by Gasteiger charge is 2.04. The number of hydrogen-bond acceptors (Lipinski definition) is 5. The van der Waals surface area contributed by atoms with Crippen molar-refractivity contribution in [2.24, 2.45) is 0 Å². The van der Waals surface area contributed by atoms with Crippen molar-refractivity contribution >= 4 is 11.9 Å². The second-order valence-electron chi connectivity index (χ2n) is 12.8. The maximum absolute atomic E-state index is 11.1. The Morgan fingerprint density at radius 1 is 0.432 bits per heavy atom. The molecule has 44 heavy (non-hydrogen) atoms. The molecule has 0 aliphatic carbocycles. The minimum atomic E-state index is -0.0926. The van der Waals surface area contributed by atoms with Crippen molar-refractivity contribution in [3.63, 3.8) is 0 Å². The topological polar surface area (TPSA) is 72.8 Å². The van der Waals surface area contributed by atoms with Gasteiger partial charge in [0, 0.05) is 12.8 Å². The van der Waals surface area contributed by atoms with Crippen molar-refractivity contribution in [2.75, 3.05) is 14.2 Å². The first kappa shape index (κ1) is 42.4. The van der Waals surface area contributed by atoms with Crippen LogP contribution < -0.4 is 0 Å². The lowest BCUT2D eigenvalue weighted by molar-refractivity contribution is -0.141. The minimum Gasteiger partial charge on any atom is -0.469 e. The fourth-order valence-electron chi connectivity index (χ4n) is 5.64. The smallest absolute Gasteiger partial charge is 0.305 e. The number of carbonyl (C=O) groups is 2. The number of aliphatic hydroxyl groups excluding tert-OH is 1. The molecule has 0 aliphatic heterocycles. The van der Waals surface area contributed by atoms with Gasteiger partial charge in [0.05, 0.1) is 20.3 Å². The molecular weight excluding hydrogens is 548 g/mol. The van der Waals surface area contributed by atoms with Gasteiger partial charge in [0.1, 0.15) is 0 Å². The molecule has 0 heterocycles. The lowest BCUT2D eigenvalue weighted by Crippen LogP contribution is -2.05. The molecule has 0 bridgehead atoms. The van der Waals surface area contributed by atoms with Gasteiger partial charge in [-0.15, -0.1) is 0 Å². The number of unbranched alkanes of at least 4 members (excludes halogenated alkanes) is 22. The zero-order valence-electron chi connectivity index (χ0n) is 29.2. The summed E-state index contributed by atoms with van der Waals surface area (Å²) >= 11 is 0. The van der Waals surface area contributed by atoms with E-state index in [4.69, 9.17) is 0 Å². The zero-order valence-corrected chi connectivity index (χ0v) is 29.2. The monoisotopic (exact) mass is 621 g/mol. The molecule has 1 N–H and O–H groups in total. The molecule has 0 aromatic heterocycles. The fourth-order valence-corrected chi connectivity index (χ4v) is 5.64. The summed E-state index contributed by atoms with van der Waals surface area (Å²) in [6.07, 6.45) is 44.2. The number of esters is 2. The van der Waals surface area contributed by atoms with Gasteiger partial charge < -0.3 is 14.6 Å². The average molecular weight is 621 g/mol. The van der Waals surface area contributed by atoms with Crippen molar-refractivity contribution in [2.45, 2.75) is 199 Å². The Balaban J connectivity index is 3.26. The van der Waals surface area contributed by atoms with E-state index in [-0.39, 0.29) is 18.0 Å². The molecule has 0 saturated carbocycles. The van der Waals surface area contributed by atoms with E-state index in [2.05, 4.69) is 33.8 Å². The van der Waals surface area contributed by atoms with Crippen LogP contribution in [0.2, 0.25) is 0 Å². The van der Waals surface area contributed by atoms with E-state index >= 15 is 0 Å². The highest BCUT2D eigenvalue weighted by Crippen LogP contribution is 2.15. The van der Waals surface area contributed by atoms with E-state index in [9.17, 15) is 14.7 Å². The molecule has 5 nitrogen and oxygen atoms in total. The van der Waals surface area contributed by atoms with Crippen LogP contribution in [0.25, 0.3) is 0 Å². The Hall–Kier alpha value is -1.62. The Bertz CT molecular complexity index is 615. The van der Waals surface area contributed by atoms with Crippen LogP contribution in [-0.4, -0.2) is 37.4 Å². The number of methoxy groups -OCH3 is 2. The van der Waals surface area contributed by atoms with Crippen molar-refractivity contribution in [3.8, 4) is 0 Å². The third-order valence-corrected chi connectivity index (χ3v) is 8.61. The van der Waals surface area contributed by atoms with Gasteiger partial charge in [0.25, 0.3) is 0 Å². The van der Waals surface area contributed by atoms with E-state index in [1.165, 1.54) is 155 Å². The Morgan fingerprint density at radius 3 is 0.977 bits per heavy atom. The van der Waals surface area contributed by atoms with E-state index in [1.807, 2.05) is 0 Å². The Kier molecular flexibility index (Phi) is 34.5. The first-order valence-corrected chi connectivity index (χ1v) is 18.7. The van der Waals surface area contributed by atoms with Crippen LogP contribution in [0.15, 0.2) is 24.3 Å². The molecule has 0 aromatic carbocycles. The summed E-state index contributed by atoms with van der Waals surface area (Å²) < 4.78 is 9.33. The zero-order chi connectivity index (χ0) is 32.2. The molecule has 0 atom stereocenters. The van der Waals surface area contributed by atoms with Crippen LogP contribution in [-0.2, 0) is 19.1 Å². The third-order valence-electron chi connectivity index (χ3n) is 8.61. The summed E-state index contributed by atoms with van der Waals surface area (Å²) in [6.45, 7) is 0. The molecule has 0 aliphatic rings. The lowest BCUT2D eigenvalue weighted by Gasteiger charge is -2.10. The van der Waals surface area contributed by atoms with E-state index in [0.29, 0.717) is 12.8 Å². The Morgan fingerprint density at radius 2 is 0.682 bits per heavy atom. The highest BCUT2D eigenvalue weighted by atomic mass is 16.5. The molecule has 0 aromatic rings. The molecule has 0 spiro atoms. The number of hydrogen-bond donors (Lipinski definition) is 1. The predicted octanol–water partition coefficient (Wildman–Crippen LogP) is 11.5. The van der Waals surface area contributed by atoms with Gasteiger partial charge in [0.15, 0.2) is 0 Å².